The van der Waals surface area contributed by atoms with Crippen LogP contribution in [-0.2, 0) is 10.8 Å². The van der Waals surface area contributed by atoms with Crippen LogP contribution >= 0.6 is 11.6 Å². The molecule has 0 amide bonds. The van der Waals surface area contributed by atoms with Gasteiger partial charge in [0.15, 0.2) is 0 Å². The molecule has 2 aliphatic rings. The summed E-state index contributed by atoms with van der Waals surface area (Å²) in [7, 11) is 0. The molecule has 0 N–H and O–H groups in total. The molecule has 0 aromatic heterocycles. The molecule has 0 heterocycles. The van der Waals surface area contributed by atoms with Gasteiger partial charge in [0.1, 0.15) is 0 Å². The summed E-state index contributed by atoms with van der Waals surface area (Å²) in [6.45, 7) is 9.33. The van der Waals surface area contributed by atoms with Gasteiger partial charge in [0.25, 0.3) is 0 Å². The Hall–Kier alpha value is -2.83. The van der Waals surface area contributed by atoms with Crippen LogP contribution in [0, 0.1) is 0 Å². The smallest absolute Gasteiger partial charge is 0.0453 e. The zero-order valence-electron chi connectivity index (χ0n) is 18.4. The number of rotatable bonds is 1. The summed E-state index contributed by atoms with van der Waals surface area (Å²) in [6, 6.07) is 28.7. The van der Waals surface area contributed by atoms with Crippen LogP contribution in [0.3, 0.4) is 0 Å². The Bertz CT molecular complexity index is 1370. The van der Waals surface area contributed by atoms with E-state index < -0.39 is 0 Å². The van der Waals surface area contributed by atoms with E-state index in [9.17, 15) is 0 Å². The Kier molecular flexibility index (Phi) is 3.73. The Balaban J connectivity index is 1.71. The van der Waals surface area contributed by atoms with E-state index in [2.05, 4.69) is 107 Å². The highest BCUT2D eigenvalue weighted by Crippen LogP contribution is 2.58. The zero-order chi connectivity index (χ0) is 21.5. The zero-order valence-corrected chi connectivity index (χ0v) is 19.1. The van der Waals surface area contributed by atoms with Gasteiger partial charge in [0, 0.05) is 15.9 Å². The van der Waals surface area contributed by atoms with Gasteiger partial charge in [-0.1, -0.05) is 100.0 Å². The van der Waals surface area contributed by atoms with Gasteiger partial charge in [0.2, 0.25) is 0 Å². The van der Waals surface area contributed by atoms with Crippen LogP contribution in [0.15, 0.2) is 78.9 Å². The fourth-order valence-corrected chi connectivity index (χ4v) is 6.33. The molecule has 4 aromatic rings. The SMILES string of the molecule is CC1(C)c2ccccc2-c2cc3c(cc21)-c1c(-c2ccccc2)ccc(Cl)c1C3(C)C. The minimum Gasteiger partial charge on any atom is -0.0840 e. The van der Waals surface area contributed by atoms with Crippen molar-refractivity contribution in [2.24, 2.45) is 0 Å². The van der Waals surface area contributed by atoms with Crippen LogP contribution in [0.2, 0.25) is 5.02 Å². The maximum Gasteiger partial charge on any atom is 0.0453 e. The third kappa shape index (κ3) is 2.37. The van der Waals surface area contributed by atoms with Crippen molar-refractivity contribution in [1.82, 2.24) is 0 Å². The van der Waals surface area contributed by atoms with Crippen LogP contribution in [0.1, 0.15) is 49.9 Å². The fraction of sp³-hybridized carbons (Fsp3) is 0.200. The Labute approximate surface area is 189 Å². The summed E-state index contributed by atoms with van der Waals surface area (Å²) >= 11 is 6.87. The molecular weight excluding hydrogens is 396 g/mol. The van der Waals surface area contributed by atoms with E-state index >= 15 is 0 Å². The molecule has 0 saturated heterocycles. The van der Waals surface area contributed by atoms with Crippen LogP contribution in [0.4, 0.5) is 0 Å². The third-order valence-corrected chi connectivity index (χ3v) is 7.84. The van der Waals surface area contributed by atoms with Gasteiger partial charge in [-0.25, -0.2) is 0 Å². The second kappa shape index (κ2) is 6.11. The number of hydrogen-bond donors (Lipinski definition) is 0. The molecule has 0 bridgehead atoms. The van der Waals surface area contributed by atoms with Crippen molar-refractivity contribution < 1.29 is 0 Å². The molecule has 1 heteroatoms. The number of fused-ring (bicyclic) bond motifs is 6. The molecule has 0 fully saturated rings. The lowest BCUT2D eigenvalue weighted by atomic mass is 9.79. The molecule has 0 aliphatic heterocycles. The van der Waals surface area contributed by atoms with Gasteiger partial charge in [-0.15, -0.1) is 0 Å². The van der Waals surface area contributed by atoms with Gasteiger partial charge >= 0.3 is 0 Å². The Morgan fingerprint density at radius 1 is 0.548 bits per heavy atom. The highest BCUT2D eigenvalue weighted by Gasteiger charge is 2.43. The van der Waals surface area contributed by atoms with E-state index in [0.29, 0.717) is 0 Å². The average molecular weight is 421 g/mol. The maximum atomic E-state index is 6.87. The van der Waals surface area contributed by atoms with E-state index in [4.69, 9.17) is 11.6 Å². The molecule has 0 nitrogen and oxygen atoms in total. The quantitative estimate of drug-likeness (QED) is 0.289. The van der Waals surface area contributed by atoms with Gasteiger partial charge in [-0.3, -0.25) is 0 Å². The second-order valence-electron chi connectivity index (χ2n) is 9.95. The van der Waals surface area contributed by atoms with Crippen molar-refractivity contribution in [1.29, 1.82) is 0 Å². The van der Waals surface area contributed by atoms with E-state index in [-0.39, 0.29) is 10.8 Å². The number of hydrogen-bond acceptors (Lipinski definition) is 0. The summed E-state index contributed by atoms with van der Waals surface area (Å²) in [5.41, 5.74) is 13.2. The van der Waals surface area contributed by atoms with E-state index in [1.807, 2.05) is 0 Å². The second-order valence-corrected chi connectivity index (χ2v) is 10.4. The standard InChI is InChI=1S/C30H25Cl/c1-29(2)23-13-9-8-12-20(23)21-16-25-22(17-24(21)29)27-19(18-10-6-5-7-11-18)14-15-26(31)28(27)30(25,3)4/h5-17H,1-4H3. The fourth-order valence-electron chi connectivity index (χ4n) is 5.93. The van der Waals surface area contributed by atoms with Crippen LogP contribution in [0.25, 0.3) is 33.4 Å². The van der Waals surface area contributed by atoms with Gasteiger partial charge in [-0.2, -0.15) is 0 Å². The molecule has 152 valence electrons. The van der Waals surface area contributed by atoms with Crippen molar-refractivity contribution in [3.8, 4) is 33.4 Å². The molecule has 31 heavy (non-hydrogen) atoms. The summed E-state index contributed by atoms with van der Waals surface area (Å²) in [5.74, 6) is 0. The summed E-state index contributed by atoms with van der Waals surface area (Å²) in [4.78, 5) is 0. The lowest BCUT2D eigenvalue weighted by Gasteiger charge is -2.24. The topological polar surface area (TPSA) is 0 Å². The highest BCUT2D eigenvalue weighted by atomic mass is 35.5. The third-order valence-electron chi connectivity index (χ3n) is 7.53. The van der Waals surface area contributed by atoms with E-state index in [1.165, 1.54) is 55.6 Å². The summed E-state index contributed by atoms with van der Waals surface area (Å²) in [5, 5.41) is 0.857. The van der Waals surface area contributed by atoms with Crippen LogP contribution < -0.4 is 0 Å². The molecule has 0 saturated carbocycles. The number of halogens is 1. The first-order chi connectivity index (χ1) is 14.8. The lowest BCUT2D eigenvalue weighted by Crippen LogP contribution is -2.17. The number of benzene rings is 4. The molecule has 0 spiro atoms. The lowest BCUT2D eigenvalue weighted by molar-refractivity contribution is 0.652. The normalized spacial score (nSPS) is 16.4. The molecule has 0 radical (unpaired) electrons. The molecule has 0 unspecified atom stereocenters. The van der Waals surface area contributed by atoms with Crippen LogP contribution in [-0.4, -0.2) is 0 Å². The molecule has 0 atom stereocenters. The Morgan fingerprint density at radius 2 is 1.19 bits per heavy atom. The van der Waals surface area contributed by atoms with E-state index in [0.717, 1.165) is 5.02 Å². The van der Waals surface area contributed by atoms with Crippen molar-refractivity contribution >= 4 is 11.6 Å². The van der Waals surface area contributed by atoms with Crippen molar-refractivity contribution in [2.45, 2.75) is 38.5 Å². The van der Waals surface area contributed by atoms with Gasteiger partial charge in [-0.05, 0) is 73.8 Å². The predicted octanol–water partition coefficient (Wildman–Crippen LogP) is 8.62. The summed E-state index contributed by atoms with van der Waals surface area (Å²) < 4.78 is 0. The van der Waals surface area contributed by atoms with Crippen molar-refractivity contribution in [3.63, 3.8) is 0 Å². The van der Waals surface area contributed by atoms with Crippen molar-refractivity contribution in [2.75, 3.05) is 0 Å². The molecule has 4 aromatic carbocycles. The molecular formula is C30H25Cl. The first kappa shape index (κ1) is 18.9. The summed E-state index contributed by atoms with van der Waals surface area (Å²) in [6.07, 6.45) is 0. The first-order valence-electron chi connectivity index (χ1n) is 11.0. The minimum atomic E-state index is -0.150. The van der Waals surface area contributed by atoms with Gasteiger partial charge < -0.3 is 0 Å². The predicted molar refractivity (Wildman–Crippen MR) is 132 cm³/mol. The molecule has 6 rings (SSSR count). The van der Waals surface area contributed by atoms with Gasteiger partial charge in [0.05, 0.1) is 0 Å². The maximum absolute atomic E-state index is 6.87. The van der Waals surface area contributed by atoms with E-state index in [1.54, 1.807) is 0 Å². The largest absolute Gasteiger partial charge is 0.0840 e. The first-order valence-corrected chi connectivity index (χ1v) is 11.4. The van der Waals surface area contributed by atoms with Crippen LogP contribution in [0.5, 0.6) is 0 Å². The monoisotopic (exact) mass is 420 g/mol. The minimum absolute atomic E-state index is 0.0145. The highest BCUT2D eigenvalue weighted by molar-refractivity contribution is 6.32. The average Bonchev–Trinajstić information content (AvgIpc) is 3.14. The molecule has 2 aliphatic carbocycles. The Morgan fingerprint density at radius 3 is 1.97 bits per heavy atom. The van der Waals surface area contributed by atoms with Crippen molar-refractivity contribution in [3.05, 3.63) is 106 Å².